The zero-order valence-electron chi connectivity index (χ0n) is 13.0. The lowest BCUT2D eigenvalue weighted by Crippen LogP contribution is -2.38. The molecule has 0 heterocycles. The van der Waals surface area contributed by atoms with Crippen LogP contribution in [-0.2, 0) is 6.42 Å². The van der Waals surface area contributed by atoms with Gasteiger partial charge in [0.05, 0.1) is 0 Å². The van der Waals surface area contributed by atoms with Crippen LogP contribution < -0.4 is 5.32 Å². The van der Waals surface area contributed by atoms with Gasteiger partial charge in [-0.1, -0.05) is 54.6 Å². The van der Waals surface area contributed by atoms with E-state index in [0.717, 1.165) is 29.8 Å². The summed E-state index contributed by atoms with van der Waals surface area (Å²) in [6, 6.07) is 5.60. The van der Waals surface area contributed by atoms with Crippen molar-refractivity contribution in [2.75, 3.05) is 6.54 Å². The second-order valence-corrected chi connectivity index (χ2v) is 7.11. The van der Waals surface area contributed by atoms with E-state index < -0.39 is 0 Å². The van der Waals surface area contributed by atoms with Crippen LogP contribution in [0.4, 0.5) is 4.39 Å². The highest BCUT2D eigenvalue weighted by Gasteiger charge is 2.23. The van der Waals surface area contributed by atoms with E-state index in [9.17, 15) is 4.39 Å². The first-order chi connectivity index (χ1) is 10.2. The van der Waals surface area contributed by atoms with E-state index in [2.05, 4.69) is 28.2 Å². The highest BCUT2D eigenvalue weighted by molar-refractivity contribution is 9.10. The van der Waals surface area contributed by atoms with Gasteiger partial charge < -0.3 is 5.32 Å². The molecule has 0 aromatic heterocycles. The molecule has 2 rings (SSSR count). The van der Waals surface area contributed by atoms with Gasteiger partial charge in [-0.05, 0) is 55.8 Å². The summed E-state index contributed by atoms with van der Waals surface area (Å²) in [5, 5.41) is 3.74. The number of nitrogens with one attached hydrogen (secondary N) is 1. The molecule has 3 heteroatoms. The van der Waals surface area contributed by atoms with Crippen LogP contribution >= 0.6 is 15.9 Å². The van der Waals surface area contributed by atoms with Crippen LogP contribution in [0, 0.1) is 11.7 Å². The fourth-order valence-electron chi connectivity index (χ4n) is 3.37. The smallest absolute Gasteiger partial charge is 0.124 e. The summed E-state index contributed by atoms with van der Waals surface area (Å²) >= 11 is 3.52. The molecule has 1 N–H and O–H groups in total. The van der Waals surface area contributed by atoms with Crippen molar-refractivity contribution in [2.45, 2.75) is 64.3 Å². The fraction of sp³-hybridized carbons (Fsp3) is 0.667. The zero-order valence-corrected chi connectivity index (χ0v) is 14.6. The molecule has 1 fully saturated rings. The Morgan fingerprint density at radius 2 is 1.95 bits per heavy atom. The van der Waals surface area contributed by atoms with Gasteiger partial charge in [-0.2, -0.15) is 0 Å². The minimum Gasteiger partial charge on any atom is -0.313 e. The Balaban J connectivity index is 2.07. The summed E-state index contributed by atoms with van der Waals surface area (Å²) in [7, 11) is 0. The third kappa shape index (κ3) is 5.37. The Kier molecular flexibility index (Phi) is 7.18. The standard InChI is InChI=1S/C18H27BrFN/c1-2-11-21-18(14-7-5-3-4-6-8-14)12-15-9-10-16(20)13-17(15)19/h9-10,13-14,18,21H,2-8,11-12H2,1H3. The van der Waals surface area contributed by atoms with Gasteiger partial charge in [-0.25, -0.2) is 4.39 Å². The van der Waals surface area contributed by atoms with Gasteiger partial charge >= 0.3 is 0 Å². The van der Waals surface area contributed by atoms with Gasteiger partial charge in [0, 0.05) is 10.5 Å². The maximum atomic E-state index is 13.3. The normalized spacial score (nSPS) is 18.4. The first-order valence-electron chi connectivity index (χ1n) is 8.38. The van der Waals surface area contributed by atoms with Crippen molar-refractivity contribution in [3.8, 4) is 0 Å². The molecule has 0 amide bonds. The average Bonchev–Trinajstić information content (AvgIpc) is 2.74. The first kappa shape index (κ1) is 17.0. The minimum atomic E-state index is -0.168. The van der Waals surface area contributed by atoms with Crippen LogP contribution in [0.2, 0.25) is 0 Å². The molecule has 0 spiro atoms. The van der Waals surface area contributed by atoms with E-state index in [1.54, 1.807) is 12.1 Å². The van der Waals surface area contributed by atoms with Crippen LogP contribution in [0.3, 0.4) is 0 Å². The van der Waals surface area contributed by atoms with Gasteiger partial charge in [0.25, 0.3) is 0 Å². The van der Waals surface area contributed by atoms with Crippen LogP contribution in [0.5, 0.6) is 0 Å². The Hall–Kier alpha value is -0.410. The van der Waals surface area contributed by atoms with Crippen molar-refractivity contribution in [2.24, 2.45) is 5.92 Å². The molecule has 118 valence electrons. The lowest BCUT2D eigenvalue weighted by Gasteiger charge is -2.28. The maximum absolute atomic E-state index is 13.3. The maximum Gasteiger partial charge on any atom is 0.124 e. The number of benzene rings is 1. The predicted octanol–water partition coefficient (Wildman–Crippen LogP) is 5.47. The van der Waals surface area contributed by atoms with E-state index in [4.69, 9.17) is 0 Å². The molecule has 21 heavy (non-hydrogen) atoms. The van der Waals surface area contributed by atoms with E-state index in [1.165, 1.54) is 44.1 Å². The summed E-state index contributed by atoms with van der Waals surface area (Å²) in [6.45, 7) is 3.28. The van der Waals surface area contributed by atoms with Crippen LogP contribution in [0.25, 0.3) is 0 Å². The Morgan fingerprint density at radius 1 is 1.24 bits per heavy atom. The van der Waals surface area contributed by atoms with E-state index >= 15 is 0 Å². The SMILES string of the molecule is CCCNC(Cc1ccc(F)cc1Br)C1CCCCCC1. The van der Waals surface area contributed by atoms with Crippen LogP contribution in [-0.4, -0.2) is 12.6 Å². The first-order valence-corrected chi connectivity index (χ1v) is 9.17. The van der Waals surface area contributed by atoms with Crippen molar-refractivity contribution in [1.82, 2.24) is 5.32 Å². The highest BCUT2D eigenvalue weighted by Crippen LogP contribution is 2.29. The van der Waals surface area contributed by atoms with Crippen LogP contribution in [0.1, 0.15) is 57.4 Å². The number of hydrogen-bond donors (Lipinski definition) is 1. The monoisotopic (exact) mass is 355 g/mol. The Bertz CT molecular complexity index is 427. The summed E-state index contributed by atoms with van der Waals surface area (Å²) < 4.78 is 14.2. The third-order valence-electron chi connectivity index (χ3n) is 4.58. The zero-order chi connectivity index (χ0) is 15.1. The van der Waals surface area contributed by atoms with E-state index in [-0.39, 0.29) is 5.82 Å². The van der Waals surface area contributed by atoms with Gasteiger partial charge in [0.15, 0.2) is 0 Å². The molecule has 1 aliphatic carbocycles. The molecule has 0 saturated heterocycles. The van der Waals surface area contributed by atoms with Gasteiger partial charge in [-0.3, -0.25) is 0 Å². The molecule has 1 nitrogen and oxygen atoms in total. The fourth-order valence-corrected chi connectivity index (χ4v) is 3.89. The molecule has 1 unspecified atom stereocenters. The molecule has 1 atom stereocenters. The predicted molar refractivity (Wildman–Crippen MR) is 91.1 cm³/mol. The lowest BCUT2D eigenvalue weighted by molar-refractivity contribution is 0.317. The van der Waals surface area contributed by atoms with E-state index in [0.29, 0.717) is 6.04 Å². The summed E-state index contributed by atoms with van der Waals surface area (Å²) in [4.78, 5) is 0. The highest BCUT2D eigenvalue weighted by atomic mass is 79.9. The van der Waals surface area contributed by atoms with Crippen LogP contribution in [0.15, 0.2) is 22.7 Å². The molecule has 0 aliphatic heterocycles. The summed E-state index contributed by atoms with van der Waals surface area (Å²) in [6.07, 6.45) is 10.3. The second kappa shape index (κ2) is 8.89. The Labute approximate surface area is 136 Å². The molecule has 1 aliphatic rings. The summed E-state index contributed by atoms with van der Waals surface area (Å²) in [5.74, 6) is 0.592. The van der Waals surface area contributed by atoms with Crippen molar-refractivity contribution < 1.29 is 4.39 Å². The number of halogens is 2. The Morgan fingerprint density at radius 3 is 2.57 bits per heavy atom. The molecular weight excluding hydrogens is 329 g/mol. The quantitative estimate of drug-likeness (QED) is 0.667. The lowest BCUT2D eigenvalue weighted by atomic mass is 9.87. The van der Waals surface area contributed by atoms with Crippen molar-refractivity contribution in [1.29, 1.82) is 0 Å². The number of rotatable bonds is 6. The van der Waals surface area contributed by atoms with Crippen molar-refractivity contribution in [3.05, 3.63) is 34.1 Å². The minimum absolute atomic E-state index is 0.168. The molecule has 1 aromatic rings. The van der Waals surface area contributed by atoms with Gasteiger partial charge in [0.2, 0.25) is 0 Å². The number of hydrogen-bond acceptors (Lipinski definition) is 1. The average molecular weight is 356 g/mol. The second-order valence-electron chi connectivity index (χ2n) is 6.25. The summed E-state index contributed by atoms with van der Waals surface area (Å²) in [5.41, 5.74) is 1.22. The third-order valence-corrected chi connectivity index (χ3v) is 5.32. The molecule has 1 saturated carbocycles. The topological polar surface area (TPSA) is 12.0 Å². The molecule has 0 bridgehead atoms. The molecular formula is C18H27BrFN. The molecule has 0 radical (unpaired) electrons. The van der Waals surface area contributed by atoms with Gasteiger partial charge in [0.1, 0.15) is 5.82 Å². The van der Waals surface area contributed by atoms with Crippen molar-refractivity contribution in [3.63, 3.8) is 0 Å². The largest absolute Gasteiger partial charge is 0.313 e. The van der Waals surface area contributed by atoms with Crippen molar-refractivity contribution >= 4 is 15.9 Å². The molecule has 1 aromatic carbocycles. The van der Waals surface area contributed by atoms with Gasteiger partial charge in [-0.15, -0.1) is 0 Å². The van der Waals surface area contributed by atoms with E-state index in [1.807, 2.05) is 6.07 Å².